The lowest BCUT2D eigenvalue weighted by Crippen LogP contribution is -2.44. The fourth-order valence-corrected chi connectivity index (χ4v) is 6.75. The average Bonchev–Trinajstić information content (AvgIpc) is 3.30. The van der Waals surface area contributed by atoms with Gasteiger partial charge in [0.1, 0.15) is 0 Å². The number of para-hydroxylation sites is 1. The number of nitrogens with zero attached hydrogens (tertiary/aromatic N) is 3. The predicted octanol–water partition coefficient (Wildman–Crippen LogP) is 6.29. The number of hydrogen-bond acceptors (Lipinski definition) is 5. The Balaban J connectivity index is 1.19. The Bertz CT molecular complexity index is 1840. The standard InChI is InChI=1S/C39H38ClN3O5/c1-27(8-7-13-36(45)41(22-23-44)25-28-9-3-2-4-10-28)39(48)33-24-31(40)17-20-35(33)42(38(39)47)26-29-14-18-32(19-15-29)43-34-12-6-5-11-30(34)16-21-37(43)46/h2-12,14-15,17-20,24,27,44,48H,13,16,21-23,25-26H2,1H3/b8-7+/t27-,39+/m1/s1. The molecule has 2 aliphatic rings. The molecular weight excluding hydrogens is 626 g/mol. The molecule has 3 amide bonds. The van der Waals surface area contributed by atoms with Gasteiger partial charge < -0.3 is 20.0 Å². The second-order valence-electron chi connectivity index (χ2n) is 12.3. The maximum atomic E-state index is 14.1. The molecule has 0 saturated heterocycles. The largest absolute Gasteiger partial charge is 0.395 e. The molecule has 48 heavy (non-hydrogen) atoms. The third-order valence-corrected chi connectivity index (χ3v) is 9.41. The van der Waals surface area contributed by atoms with Gasteiger partial charge >= 0.3 is 0 Å². The van der Waals surface area contributed by atoms with Crippen molar-refractivity contribution in [1.29, 1.82) is 0 Å². The molecule has 4 aromatic carbocycles. The maximum Gasteiger partial charge on any atom is 0.264 e. The molecule has 0 aromatic heterocycles. The van der Waals surface area contributed by atoms with E-state index in [4.69, 9.17) is 11.6 Å². The molecule has 0 bridgehead atoms. The molecule has 0 spiro atoms. The first-order chi connectivity index (χ1) is 23.2. The highest BCUT2D eigenvalue weighted by atomic mass is 35.5. The zero-order valence-corrected chi connectivity index (χ0v) is 27.5. The molecule has 2 N–H and O–H groups in total. The fourth-order valence-electron chi connectivity index (χ4n) is 6.58. The first-order valence-corrected chi connectivity index (χ1v) is 16.5. The molecule has 4 aromatic rings. The van der Waals surface area contributed by atoms with Crippen LogP contribution < -0.4 is 9.80 Å². The van der Waals surface area contributed by atoms with Crippen molar-refractivity contribution in [3.8, 4) is 0 Å². The van der Waals surface area contributed by atoms with Crippen molar-refractivity contribution in [3.63, 3.8) is 0 Å². The highest BCUT2D eigenvalue weighted by molar-refractivity contribution is 6.31. The Morgan fingerprint density at radius 2 is 1.67 bits per heavy atom. The van der Waals surface area contributed by atoms with E-state index in [1.165, 1.54) is 0 Å². The van der Waals surface area contributed by atoms with Gasteiger partial charge in [-0.25, -0.2) is 0 Å². The van der Waals surface area contributed by atoms with Gasteiger partial charge in [0, 0.05) is 48.1 Å². The van der Waals surface area contributed by atoms with Crippen molar-refractivity contribution in [2.24, 2.45) is 5.92 Å². The molecule has 2 heterocycles. The number of aliphatic hydroxyl groups excluding tert-OH is 1. The molecule has 9 heteroatoms. The van der Waals surface area contributed by atoms with E-state index in [9.17, 15) is 24.6 Å². The Labute approximate surface area is 285 Å². The van der Waals surface area contributed by atoms with Crippen LogP contribution in [0.15, 0.2) is 109 Å². The van der Waals surface area contributed by atoms with Gasteiger partial charge in [-0.1, -0.05) is 91.3 Å². The molecular formula is C39H38ClN3O5. The molecule has 0 radical (unpaired) electrons. The van der Waals surface area contributed by atoms with Crippen LogP contribution in [0.5, 0.6) is 0 Å². The summed E-state index contributed by atoms with van der Waals surface area (Å²) in [6.07, 6.45) is 4.55. The maximum absolute atomic E-state index is 14.1. The van der Waals surface area contributed by atoms with E-state index < -0.39 is 17.4 Å². The van der Waals surface area contributed by atoms with Gasteiger partial charge in [-0.05, 0) is 59.5 Å². The molecule has 0 aliphatic carbocycles. The predicted molar refractivity (Wildman–Crippen MR) is 187 cm³/mol. The van der Waals surface area contributed by atoms with Crippen molar-refractivity contribution in [2.75, 3.05) is 23.0 Å². The van der Waals surface area contributed by atoms with Crippen molar-refractivity contribution in [1.82, 2.24) is 4.90 Å². The SMILES string of the molecule is C[C@H](/C=C/CC(=O)N(CCO)Cc1ccccc1)[C@@]1(O)C(=O)N(Cc2ccc(N3C(=O)CCc4ccccc43)cc2)c2ccc(Cl)cc21. The Morgan fingerprint density at radius 3 is 2.42 bits per heavy atom. The number of halogens is 1. The quantitative estimate of drug-likeness (QED) is 0.184. The normalized spacial score (nSPS) is 17.8. The van der Waals surface area contributed by atoms with Gasteiger partial charge in [0.05, 0.1) is 24.5 Å². The number of carbonyl (C=O) groups excluding carboxylic acids is 3. The smallest absolute Gasteiger partial charge is 0.264 e. The lowest BCUT2D eigenvalue weighted by Gasteiger charge is -2.30. The van der Waals surface area contributed by atoms with Gasteiger partial charge in [0.2, 0.25) is 11.8 Å². The van der Waals surface area contributed by atoms with E-state index >= 15 is 0 Å². The van der Waals surface area contributed by atoms with Gasteiger partial charge in [0.15, 0.2) is 5.60 Å². The molecule has 0 saturated carbocycles. The zero-order chi connectivity index (χ0) is 33.8. The summed E-state index contributed by atoms with van der Waals surface area (Å²) in [7, 11) is 0. The summed E-state index contributed by atoms with van der Waals surface area (Å²) in [6.45, 7) is 2.35. The average molecular weight is 664 g/mol. The summed E-state index contributed by atoms with van der Waals surface area (Å²) < 4.78 is 0. The molecule has 2 atom stereocenters. The van der Waals surface area contributed by atoms with E-state index in [0.717, 1.165) is 28.1 Å². The van der Waals surface area contributed by atoms with Crippen molar-refractivity contribution in [3.05, 3.63) is 136 Å². The third kappa shape index (κ3) is 6.52. The summed E-state index contributed by atoms with van der Waals surface area (Å²) in [5.41, 5.74) is 3.60. The lowest BCUT2D eigenvalue weighted by molar-refractivity contribution is -0.139. The lowest BCUT2D eigenvalue weighted by atomic mass is 9.83. The first-order valence-electron chi connectivity index (χ1n) is 16.1. The molecule has 0 fully saturated rings. The van der Waals surface area contributed by atoms with Crippen molar-refractivity contribution < 1.29 is 24.6 Å². The van der Waals surface area contributed by atoms with E-state index in [2.05, 4.69) is 0 Å². The Kier molecular flexibility index (Phi) is 9.78. The topological polar surface area (TPSA) is 101 Å². The van der Waals surface area contributed by atoms with Crippen LogP contribution in [0.4, 0.5) is 17.1 Å². The number of aryl methyl sites for hydroxylation is 1. The second kappa shape index (κ2) is 14.2. The van der Waals surface area contributed by atoms with Crippen LogP contribution in [0.3, 0.4) is 0 Å². The number of carbonyl (C=O) groups is 3. The third-order valence-electron chi connectivity index (χ3n) is 9.17. The van der Waals surface area contributed by atoms with Crippen molar-refractivity contribution in [2.45, 2.75) is 44.9 Å². The van der Waals surface area contributed by atoms with Crippen LogP contribution in [0, 0.1) is 5.92 Å². The summed E-state index contributed by atoms with van der Waals surface area (Å²) in [6, 6.07) is 30.0. The van der Waals surface area contributed by atoms with E-state index in [1.807, 2.05) is 78.9 Å². The molecule has 246 valence electrons. The highest BCUT2D eigenvalue weighted by Gasteiger charge is 2.52. The molecule has 2 aliphatic heterocycles. The van der Waals surface area contributed by atoms with Gasteiger partial charge in [-0.15, -0.1) is 0 Å². The minimum Gasteiger partial charge on any atom is -0.395 e. The minimum absolute atomic E-state index is 0.0353. The number of rotatable bonds is 11. The highest BCUT2D eigenvalue weighted by Crippen LogP contribution is 2.47. The molecule has 0 unspecified atom stereocenters. The monoisotopic (exact) mass is 663 g/mol. The number of hydrogen-bond donors (Lipinski definition) is 2. The summed E-state index contributed by atoms with van der Waals surface area (Å²) in [4.78, 5) is 44.9. The Morgan fingerprint density at radius 1 is 0.938 bits per heavy atom. The number of fused-ring (bicyclic) bond motifs is 2. The van der Waals surface area contributed by atoms with E-state index in [0.29, 0.717) is 35.7 Å². The van der Waals surface area contributed by atoms with Gasteiger partial charge in [-0.2, -0.15) is 0 Å². The summed E-state index contributed by atoms with van der Waals surface area (Å²) in [5.74, 6) is -1.32. The van der Waals surface area contributed by atoms with Crippen LogP contribution in [0.2, 0.25) is 5.02 Å². The number of anilines is 3. The van der Waals surface area contributed by atoms with E-state index in [1.54, 1.807) is 52.0 Å². The van der Waals surface area contributed by atoms with Crippen LogP contribution in [-0.4, -0.2) is 46.0 Å². The Hall–Kier alpha value is -4.76. The van der Waals surface area contributed by atoms with Crippen molar-refractivity contribution >= 4 is 46.4 Å². The zero-order valence-electron chi connectivity index (χ0n) is 26.8. The minimum atomic E-state index is -1.90. The van der Waals surface area contributed by atoms with Crippen LogP contribution in [0.25, 0.3) is 0 Å². The molecule has 6 rings (SSSR count). The summed E-state index contributed by atoms with van der Waals surface area (Å²) >= 11 is 6.37. The second-order valence-corrected chi connectivity index (χ2v) is 12.7. The molecule has 8 nitrogen and oxygen atoms in total. The fraction of sp³-hybridized carbons (Fsp3) is 0.256. The summed E-state index contributed by atoms with van der Waals surface area (Å²) in [5, 5.41) is 22.0. The van der Waals surface area contributed by atoms with Gasteiger partial charge in [-0.3, -0.25) is 19.3 Å². The van der Waals surface area contributed by atoms with Crippen LogP contribution in [0.1, 0.15) is 42.0 Å². The first kappa shape index (κ1) is 33.2. The van der Waals surface area contributed by atoms with Gasteiger partial charge in [0.25, 0.3) is 5.91 Å². The van der Waals surface area contributed by atoms with Crippen LogP contribution in [-0.2, 0) is 39.5 Å². The number of aliphatic hydroxyl groups is 2. The van der Waals surface area contributed by atoms with E-state index in [-0.39, 0.29) is 37.9 Å². The van der Waals surface area contributed by atoms with Crippen LogP contribution >= 0.6 is 11.6 Å². The number of benzene rings is 4. The number of amides is 3.